The molecule has 2 aromatic rings. The van der Waals surface area contributed by atoms with Crippen LogP contribution in [0.1, 0.15) is 28.9 Å². The molecule has 0 fully saturated rings. The molecule has 0 radical (unpaired) electrons. The Morgan fingerprint density at radius 3 is 2.58 bits per heavy atom. The highest BCUT2D eigenvalue weighted by atomic mass is 19.4. The summed E-state index contributed by atoms with van der Waals surface area (Å²) in [5.41, 5.74) is 6.37. The molecule has 2 N–H and O–H groups in total. The Morgan fingerprint density at radius 1 is 1.32 bits per heavy atom. The van der Waals surface area contributed by atoms with Crippen LogP contribution in [-0.4, -0.2) is 10.1 Å². The highest BCUT2D eigenvalue weighted by molar-refractivity contribution is 5.30. The number of rotatable bonds is 2. The van der Waals surface area contributed by atoms with E-state index in [1.807, 2.05) is 0 Å². The van der Waals surface area contributed by atoms with E-state index < -0.39 is 29.8 Å². The SMILES string of the molecule is Cc1ccc(F)c(C(N)c2noc(C(F)(F)F)n2)c1. The Morgan fingerprint density at radius 2 is 2.00 bits per heavy atom. The van der Waals surface area contributed by atoms with Crippen LogP contribution in [0.2, 0.25) is 0 Å². The van der Waals surface area contributed by atoms with Gasteiger partial charge in [-0.05, 0) is 13.0 Å². The van der Waals surface area contributed by atoms with Gasteiger partial charge in [0.05, 0.1) is 6.04 Å². The number of aromatic nitrogens is 2. The van der Waals surface area contributed by atoms with Crippen molar-refractivity contribution in [3.63, 3.8) is 0 Å². The molecule has 19 heavy (non-hydrogen) atoms. The maximum absolute atomic E-state index is 13.6. The van der Waals surface area contributed by atoms with Crippen molar-refractivity contribution in [1.29, 1.82) is 0 Å². The fraction of sp³-hybridized carbons (Fsp3) is 0.273. The fourth-order valence-electron chi connectivity index (χ4n) is 1.52. The summed E-state index contributed by atoms with van der Waals surface area (Å²) in [6.07, 6.45) is -4.75. The Kier molecular flexibility index (Phi) is 3.27. The minimum atomic E-state index is -4.75. The molecule has 2 rings (SSSR count). The summed E-state index contributed by atoms with van der Waals surface area (Å²) >= 11 is 0. The Bertz CT molecular complexity index is 594. The summed E-state index contributed by atoms with van der Waals surface area (Å²) in [6.45, 7) is 1.70. The molecular weight excluding hydrogens is 266 g/mol. The van der Waals surface area contributed by atoms with Crippen LogP contribution in [0.4, 0.5) is 17.6 Å². The maximum Gasteiger partial charge on any atom is 0.471 e. The van der Waals surface area contributed by atoms with Crippen LogP contribution in [0, 0.1) is 12.7 Å². The van der Waals surface area contributed by atoms with Gasteiger partial charge in [0.2, 0.25) is 0 Å². The summed E-state index contributed by atoms with van der Waals surface area (Å²) in [5, 5.41) is 3.13. The predicted molar refractivity (Wildman–Crippen MR) is 56.5 cm³/mol. The van der Waals surface area contributed by atoms with Crippen molar-refractivity contribution in [1.82, 2.24) is 10.1 Å². The second-order valence-corrected chi connectivity index (χ2v) is 3.96. The molecule has 0 bridgehead atoms. The third-order valence-corrected chi connectivity index (χ3v) is 2.45. The molecule has 0 saturated heterocycles. The molecule has 1 aromatic heterocycles. The molecule has 1 atom stereocenters. The third kappa shape index (κ3) is 2.73. The van der Waals surface area contributed by atoms with Crippen molar-refractivity contribution < 1.29 is 22.1 Å². The molecule has 0 aliphatic carbocycles. The van der Waals surface area contributed by atoms with Gasteiger partial charge in [-0.25, -0.2) is 4.39 Å². The van der Waals surface area contributed by atoms with Crippen molar-refractivity contribution in [2.45, 2.75) is 19.1 Å². The van der Waals surface area contributed by atoms with Gasteiger partial charge < -0.3 is 10.3 Å². The van der Waals surface area contributed by atoms with E-state index in [2.05, 4.69) is 14.7 Å². The van der Waals surface area contributed by atoms with Crippen molar-refractivity contribution in [2.75, 3.05) is 0 Å². The second-order valence-electron chi connectivity index (χ2n) is 3.96. The lowest BCUT2D eigenvalue weighted by Gasteiger charge is -2.09. The van der Waals surface area contributed by atoms with Crippen LogP contribution in [0.5, 0.6) is 0 Å². The Hall–Kier alpha value is -1.96. The first-order valence-electron chi connectivity index (χ1n) is 5.21. The van der Waals surface area contributed by atoms with Gasteiger partial charge in [0.1, 0.15) is 5.82 Å². The van der Waals surface area contributed by atoms with Crippen LogP contribution in [-0.2, 0) is 6.18 Å². The minimum absolute atomic E-state index is 0.00882. The van der Waals surface area contributed by atoms with E-state index >= 15 is 0 Å². The molecule has 8 heteroatoms. The quantitative estimate of drug-likeness (QED) is 0.855. The molecule has 1 aromatic carbocycles. The summed E-state index contributed by atoms with van der Waals surface area (Å²) in [4.78, 5) is 3.13. The van der Waals surface area contributed by atoms with Crippen molar-refractivity contribution in [3.8, 4) is 0 Å². The van der Waals surface area contributed by atoms with E-state index in [0.29, 0.717) is 5.56 Å². The van der Waals surface area contributed by atoms with E-state index in [0.717, 1.165) is 0 Å². The van der Waals surface area contributed by atoms with E-state index in [1.54, 1.807) is 6.92 Å². The molecule has 0 aliphatic rings. The minimum Gasteiger partial charge on any atom is -0.329 e. The van der Waals surface area contributed by atoms with Gasteiger partial charge in [0, 0.05) is 5.56 Å². The molecule has 102 valence electrons. The van der Waals surface area contributed by atoms with E-state index in [9.17, 15) is 17.6 Å². The molecule has 1 heterocycles. The van der Waals surface area contributed by atoms with E-state index in [4.69, 9.17) is 5.73 Å². The number of hydrogen-bond acceptors (Lipinski definition) is 4. The largest absolute Gasteiger partial charge is 0.471 e. The first-order chi connectivity index (χ1) is 8.79. The van der Waals surface area contributed by atoms with Crippen molar-refractivity contribution in [3.05, 3.63) is 46.9 Å². The van der Waals surface area contributed by atoms with Crippen LogP contribution in [0.3, 0.4) is 0 Å². The standard InChI is InChI=1S/C11H9F4N3O/c1-5-2-3-7(12)6(4-5)8(16)9-17-10(19-18-9)11(13,14)15/h2-4,8H,16H2,1H3. The second kappa shape index (κ2) is 4.61. The summed E-state index contributed by atoms with van der Waals surface area (Å²) < 4.78 is 54.5. The van der Waals surface area contributed by atoms with Crippen LogP contribution in [0.15, 0.2) is 22.7 Å². The van der Waals surface area contributed by atoms with Gasteiger partial charge >= 0.3 is 12.1 Å². The first-order valence-corrected chi connectivity index (χ1v) is 5.21. The summed E-state index contributed by atoms with van der Waals surface area (Å²) in [7, 11) is 0. The number of halogens is 4. The molecule has 4 nitrogen and oxygen atoms in total. The predicted octanol–water partition coefficient (Wildman–Crippen LogP) is 2.58. The van der Waals surface area contributed by atoms with Gasteiger partial charge in [-0.2, -0.15) is 18.2 Å². The smallest absolute Gasteiger partial charge is 0.329 e. The van der Waals surface area contributed by atoms with Gasteiger partial charge in [0.25, 0.3) is 0 Å². The van der Waals surface area contributed by atoms with Crippen molar-refractivity contribution >= 4 is 0 Å². The van der Waals surface area contributed by atoms with Gasteiger partial charge in [-0.15, -0.1) is 0 Å². The topological polar surface area (TPSA) is 64.9 Å². The van der Waals surface area contributed by atoms with E-state index in [-0.39, 0.29) is 5.56 Å². The number of hydrogen-bond donors (Lipinski definition) is 1. The zero-order chi connectivity index (χ0) is 14.2. The lowest BCUT2D eigenvalue weighted by atomic mass is 10.0. The lowest BCUT2D eigenvalue weighted by molar-refractivity contribution is -0.159. The summed E-state index contributed by atoms with van der Waals surface area (Å²) in [6, 6.07) is 2.89. The molecule has 0 spiro atoms. The highest BCUT2D eigenvalue weighted by Gasteiger charge is 2.39. The number of alkyl halides is 3. The number of aryl methyl sites for hydroxylation is 1. The van der Waals surface area contributed by atoms with E-state index in [1.165, 1.54) is 18.2 Å². The average Bonchev–Trinajstić information content (AvgIpc) is 2.80. The zero-order valence-corrected chi connectivity index (χ0v) is 9.70. The Labute approximate surface area is 105 Å². The van der Waals surface area contributed by atoms with Gasteiger partial charge in [-0.1, -0.05) is 22.9 Å². The van der Waals surface area contributed by atoms with Gasteiger partial charge in [-0.3, -0.25) is 0 Å². The summed E-state index contributed by atoms with van der Waals surface area (Å²) in [5.74, 6) is -2.57. The molecule has 0 aliphatic heterocycles. The molecule has 0 amide bonds. The van der Waals surface area contributed by atoms with Crippen molar-refractivity contribution in [2.24, 2.45) is 5.73 Å². The monoisotopic (exact) mass is 275 g/mol. The molecule has 0 saturated carbocycles. The fourth-order valence-corrected chi connectivity index (χ4v) is 1.52. The van der Waals surface area contributed by atoms with Crippen LogP contribution >= 0.6 is 0 Å². The lowest BCUT2D eigenvalue weighted by Crippen LogP contribution is -2.16. The third-order valence-electron chi connectivity index (χ3n) is 2.45. The number of benzene rings is 1. The van der Waals surface area contributed by atoms with Crippen LogP contribution in [0.25, 0.3) is 0 Å². The van der Waals surface area contributed by atoms with Gasteiger partial charge in [0.15, 0.2) is 5.82 Å². The van der Waals surface area contributed by atoms with Crippen LogP contribution < -0.4 is 5.73 Å². The Balaban J connectivity index is 2.36. The average molecular weight is 275 g/mol. The first kappa shape index (κ1) is 13.5. The molecule has 1 unspecified atom stereocenters. The normalized spacial score (nSPS) is 13.6. The number of nitrogens with zero attached hydrogens (tertiary/aromatic N) is 2. The maximum atomic E-state index is 13.6. The molecular formula is C11H9F4N3O. The highest BCUT2D eigenvalue weighted by Crippen LogP contribution is 2.29. The zero-order valence-electron chi connectivity index (χ0n) is 9.70. The number of nitrogens with two attached hydrogens (primary N) is 1.